The Morgan fingerprint density at radius 1 is 1.50 bits per heavy atom. The molecule has 3 nitrogen and oxygen atoms in total. The van der Waals surface area contributed by atoms with Crippen LogP contribution in [0.15, 0.2) is 0 Å². The van der Waals surface area contributed by atoms with E-state index in [1.807, 2.05) is 13.8 Å². The molecule has 0 fully saturated rings. The highest BCUT2D eigenvalue weighted by Gasteiger charge is 2.02. The van der Waals surface area contributed by atoms with Gasteiger partial charge < -0.3 is 15.2 Å². The fraction of sp³-hybridized carbons (Fsp3) is 0.875. The number of hydrogen-bond donors (Lipinski definition) is 1. The second kappa shape index (κ2) is 7.46. The Morgan fingerprint density at radius 3 is 2.67 bits per heavy atom. The lowest BCUT2D eigenvalue weighted by Gasteiger charge is -2.11. The molecule has 0 aliphatic heterocycles. The van der Waals surface area contributed by atoms with Gasteiger partial charge in [-0.3, -0.25) is 0 Å². The van der Waals surface area contributed by atoms with Gasteiger partial charge in [0.25, 0.3) is 0 Å². The highest BCUT2D eigenvalue weighted by molar-refractivity contribution is 7.80. The van der Waals surface area contributed by atoms with Crippen molar-refractivity contribution in [1.29, 1.82) is 0 Å². The van der Waals surface area contributed by atoms with Crippen molar-refractivity contribution in [3.05, 3.63) is 0 Å². The van der Waals surface area contributed by atoms with Crippen molar-refractivity contribution in [2.24, 2.45) is 5.73 Å². The Morgan fingerprint density at radius 2 is 2.17 bits per heavy atom. The summed E-state index contributed by atoms with van der Waals surface area (Å²) in [6, 6.07) is 0. The average molecular weight is 191 g/mol. The van der Waals surface area contributed by atoms with Gasteiger partial charge in [-0.2, -0.15) is 0 Å². The van der Waals surface area contributed by atoms with Gasteiger partial charge in [-0.15, -0.1) is 0 Å². The summed E-state index contributed by atoms with van der Waals surface area (Å²) in [7, 11) is 0. The Kier molecular flexibility index (Phi) is 7.34. The maximum atomic E-state index is 5.36. The van der Waals surface area contributed by atoms with Crippen molar-refractivity contribution >= 4 is 17.2 Å². The predicted molar refractivity (Wildman–Crippen MR) is 53.3 cm³/mol. The quantitative estimate of drug-likeness (QED) is 0.483. The van der Waals surface area contributed by atoms with Crippen molar-refractivity contribution < 1.29 is 9.47 Å². The highest BCUT2D eigenvalue weighted by Crippen LogP contribution is 1.96. The number of rotatable bonds is 7. The lowest BCUT2D eigenvalue weighted by Crippen LogP contribution is -2.20. The van der Waals surface area contributed by atoms with Gasteiger partial charge in [-0.05, 0) is 13.8 Å². The molecule has 0 bridgehead atoms. The summed E-state index contributed by atoms with van der Waals surface area (Å²) >= 11 is 4.74. The van der Waals surface area contributed by atoms with E-state index in [4.69, 9.17) is 27.4 Å². The van der Waals surface area contributed by atoms with Crippen LogP contribution in [0.1, 0.15) is 20.3 Å². The summed E-state index contributed by atoms with van der Waals surface area (Å²) in [6.07, 6.45) is 0.740. The van der Waals surface area contributed by atoms with Gasteiger partial charge in [-0.25, -0.2) is 0 Å². The molecular weight excluding hydrogens is 174 g/mol. The van der Waals surface area contributed by atoms with Crippen LogP contribution in [0.25, 0.3) is 0 Å². The van der Waals surface area contributed by atoms with E-state index in [1.54, 1.807) is 0 Å². The molecule has 0 saturated heterocycles. The van der Waals surface area contributed by atoms with Gasteiger partial charge in [0.05, 0.1) is 24.3 Å². The average Bonchev–Trinajstić information content (AvgIpc) is 1.97. The number of thiocarbonyl (C=S) groups is 1. The first kappa shape index (κ1) is 11.8. The van der Waals surface area contributed by atoms with E-state index in [-0.39, 0.29) is 6.10 Å². The summed E-state index contributed by atoms with van der Waals surface area (Å²) in [6.45, 7) is 5.88. The minimum absolute atomic E-state index is 0.1000. The molecule has 0 aromatic carbocycles. The third-order valence-electron chi connectivity index (χ3n) is 1.32. The molecule has 0 heterocycles. The molecule has 0 aliphatic carbocycles. The molecule has 0 aliphatic rings. The highest BCUT2D eigenvalue weighted by atomic mass is 32.1. The van der Waals surface area contributed by atoms with E-state index in [0.29, 0.717) is 24.6 Å². The lowest BCUT2D eigenvalue weighted by molar-refractivity contribution is 0.0186. The van der Waals surface area contributed by atoms with Gasteiger partial charge in [0.15, 0.2) is 0 Å². The molecule has 0 aromatic heterocycles. The maximum Gasteiger partial charge on any atom is 0.0753 e. The van der Waals surface area contributed by atoms with Gasteiger partial charge in [0.2, 0.25) is 0 Å². The van der Waals surface area contributed by atoms with E-state index < -0.39 is 0 Å². The van der Waals surface area contributed by atoms with Gasteiger partial charge >= 0.3 is 0 Å². The third kappa shape index (κ3) is 7.91. The molecule has 1 atom stereocenters. The Hall–Kier alpha value is -0.190. The van der Waals surface area contributed by atoms with Crippen molar-refractivity contribution in [1.82, 2.24) is 0 Å². The predicted octanol–water partition coefficient (Wildman–Crippen LogP) is 1.10. The zero-order valence-electron chi connectivity index (χ0n) is 7.71. The Bertz CT molecular complexity index is 130. The second-order valence-electron chi connectivity index (χ2n) is 2.55. The van der Waals surface area contributed by atoms with Crippen molar-refractivity contribution in [3.8, 4) is 0 Å². The molecule has 0 aromatic rings. The van der Waals surface area contributed by atoms with Gasteiger partial charge in [0, 0.05) is 13.0 Å². The number of ether oxygens (including phenoxy) is 2. The summed E-state index contributed by atoms with van der Waals surface area (Å²) in [5.74, 6) is 0. The molecule has 0 saturated carbocycles. The van der Waals surface area contributed by atoms with E-state index in [2.05, 4.69) is 0 Å². The molecule has 12 heavy (non-hydrogen) atoms. The standard InChI is InChI=1S/C8H17NO2S/c1-3-10-4-5-11-7(2)6-8(9)12/h7H,3-6H2,1-2H3,(H2,9,12). The van der Waals surface area contributed by atoms with E-state index >= 15 is 0 Å². The van der Waals surface area contributed by atoms with Crippen LogP contribution < -0.4 is 5.73 Å². The third-order valence-corrected chi connectivity index (χ3v) is 1.49. The smallest absolute Gasteiger partial charge is 0.0753 e. The van der Waals surface area contributed by atoms with Gasteiger partial charge in [0.1, 0.15) is 0 Å². The molecule has 0 rings (SSSR count). The molecule has 1 unspecified atom stereocenters. The van der Waals surface area contributed by atoms with E-state index in [9.17, 15) is 0 Å². The van der Waals surface area contributed by atoms with Crippen molar-refractivity contribution in [3.63, 3.8) is 0 Å². The SMILES string of the molecule is CCOCCOC(C)CC(N)=S. The fourth-order valence-electron chi connectivity index (χ4n) is 0.795. The molecular formula is C8H17NO2S. The first-order valence-corrected chi connectivity index (χ1v) is 4.55. The Labute approximate surface area is 79.2 Å². The molecule has 72 valence electrons. The zero-order chi connectivity index (χ0) is 9.40. The maximum absolute atomic E-state index is 5.36. The van der Waals surface area contributed by atoms with Crippen molar-refractivity contribution in [2.75, 3.05) is 19.8 Å². The first-order valence-electron chi connectivity index (χ1n) is 4.14. The summed E-state index contributed by atoms with van der Waals surface area (Å²) in [4.78, 5) is 0.499. The lowest BCUT2D eigenvalue weighted by atomic mass is 10.3. The summed E-state index contributed by atoms with van der Waals surface area (Å²) in [5.41, 5.74) is 5.34. The fourth-order valence-corrected chi connectivity index (χ4v) is 1.03. The van der Waals surface area contributed by atoms with Crippen LogP contribution in [0.4, 0.5) is 0 Å². The molecule has 4 heteroatoms. The molecule has 0 spiro atoms. The number of nitrogens with two attached hydrogens (primary N) is 1. The van der Waals surface area contributed by atoms with Crippen LogP contribution in [0.3, 0.4) is 0 Å². The minimum atomic E-state index is 0.1000. The zero-order valence-corrected chi connectivity index (χ0v) is 8.52. The molecule has 0 amide bonds. The second-order valence-corrected chi connectivity index (χ2v) is 3.07. The van der Waals surface area contributed by atoms with Crippen molar-refractivity contribution in [2.45, 2.75) is 26.4 Å². The summed E-state index contributed by atoms with van der Waals surface area (Å²) in [5, 5.41) is 0. The molecule has 2 N–H and O–H groups in total. The first-order chi connectivity index (χ1) is 5.66. The minimum Gasteiger partial charge on any atom is -0.393 e. The van der Waals surface area contributed by atoms with Crippen LogP contribution in [0.2, 0.25) is 0 Å². The van der Waals surface area contributed by atoms with Crippen LogP contribution in [-0.4, -0.2) is 30.9 Å². The van der Waals surface area contributed by atoms with Crippen LogP contribution in [0.5, 0.6) is 0 Å². The van der Waals surface area contributed by atoms with Crippen LogP contribution in [0, 0.1) is 0 Å². The topological polar surface area (TPSA) is 44.5 Å². The van der Waals surface area contributed by atoms with Gasteiger partial charge in [-0.1, -0.05) is 12.2 Å². The summed E-state index contributed by atoms with van der Waals surface area (Å²) < 4.78 is 10.5. The van der Waals surface area contributed by atoms with Crippen LogP contribution >= 0.6 is 12.2 Å². The normalized spacial score (nSPS) is 12.8. The largest absolute Gasteiger partial charge is 0.393 e. The van der Waals surface area contributed by atoms with E-state index in [1.165, 1.54) is 0 Å². The number of hydrogen-bond acceptors (Lipinski definition) is 3. The monoisotopic (exact) mass is 191 g/mol. The van der Waals surface area contributed by atoms with E-state index in [0.717, 1.165) is 6.61 Å². The Balaban J connectivity index is 3.19. The molecule has 0 radical (unpaired) electrons. The van der Waals surface area contributed by atoms with Crippen LogP contribution in [-0.2, 0) is 9.47 Å².